The number of ether oxygens (including phenoxy) is 1. The van der Waals surface area contributed by atoms with E-state index in [4.69, 9.17) is 4.74 Å². The molecule has 1 unspecified atom stereocenters. The van der Waals surface area contributed by atoms with Gasteiger partial charge in [0.05, 0.1) is 5.69 Å². The van der Waals surface area contributed by atoms with Crippen molar-refractivity contribution in [3.05, 3.63) is 29.8 Å². The number of benzene rings is 1. The van der Waals surface area contributed by atoms with Crippen LogP contribution in [0.2, 0.25) is 0 Å². The van der Waals surface area contributed by atoms with Crippen molar-refractivity contribution >= 4 is 29.7 Å². The zero-order valence-electron chi connectivity index (χ0n) is 18.2. The SMILES string of the molecule is CCCC[C@H](CC)COCCCN=CC1C(=O)NC(=O)N(c2ccccc2C)C1=O. The molecule has 7 heteroatoms. The number of nitrogens with one attached hydrogen (secondary N) is 1. The number of carbonyl (C=O) groups is 3. The van der Waals surface area contributed by atoms with Gasteiger partial charge in [0, 0.05) is 26.0 Å². The minimum absolute atomic E-state index is 0.459. The number of aliphatic imine (C=N–C) groups is 1. The van der Waals surface area contributed by atoms with Gasteiger partial charge in [-0.15, -0.1) is 0 Å². The number of para-hydroxylation sites is 1. The molecule has 0 aromatic heterocycles. The molecule has 0 bridgehead atoms. The second-order valence-corrected chi connectivity index (χ2v) is 7.63. The molecule has 0 radical (unpaired) electrons. The van der Waals surface area contributed by atoms with Crippen molar-refractivity contribution in [1.82, 2.24) is 5.32 Å². The Hall–Kier alpha value is -2.54. The average Bonchev–Trinajstić information content (AvgIpc) is 2.72. The molecule has 1 aromatic carbocycles. The Morgan fingerprint density at radius 1 is 1.20 bits per heavy atom. The first-order valence-corrected chi connectivity index (χ1v) is 10.8. The summed E-state index contributed by atoms with van der Waals surface area (Å²) in [6.07, 6.45) is 6.79. The number of nitrogens with zero attached hydrogens (tertiary/aromatic N) is 2. The van der Waals surface area contributed by atoms with Gasteiger partial charge in [-0.25, -0.2) is 9.69 Å². The van der Waals surface area contributed by atoms with Crippen LogP contribution in [0.1, 0.15) is 51.5 Å². The lowest BCUT2D eigenvalue weighted by molar-refractivity contribution is -0.131. The molecule has 0 saturated carbocycles. The van der Waals surface area contributed by atoms with Gasteiger partial charge in [0.2, 0.25) is 5.91 Å². The van der Waals surface area contributed by atoms with Crippen LogP contribution in [0.25, 0.3) is 0 Å². The third-order valence-corrected chi connectivity index (χ3v) is 5.29. The first kappa shape index (κ1) is 23.7. The zero-order valence-corrected chi connectivity index (χ0v) is 18.2. The Balaban J connectivity index is 1.84. The number of rotatable bonds is 12. The lowest BCUT2D eigenvalue weighted by Gasteiger charge is -2.29. The standard InChI is InChI=1S/C23H33N3O4/c1-4-6-11-18(5-2)16-30-14-9-13-24-15-19-21(27)25-23(29)26(22(19)28)20-12-8-7-10-17(20)3/h7-8,10,12,15,18-19H,4-6,9,11,13-14,16H2,1-3H3,(H,25,27,29)/t18-,19?/m0/s1. The van der Waals surface area contributed by atoms with Gasteiger partial charge in [-0.1, -0.05) is 51.3 Å². The number of hydrogen-bond donors (Lipinski definition) is 1. The molecule has 7 nitrogen and oxygen atoms in total. The fraction of sp³-hybridized carbons (Fsp3) is 0.565. The Bertz CT molecular complexity index is 763. The number of anilines is 1. The third kappa shape index (κ3) is 6.49. The van der Waals surface area contributed by atoms with Gasteiger partial charge in [-0.3, -0.25) is 19.9 Å². The summed E-state index contributed by atoms with van der Waals surface area (Å²) >= 11 is 0. The fourth-order valence-electron chi connectivity index (χ4n) is 3.35. The van der Waals surface area contributed by atoms with Crippen LogP contribution >= 0.6 is 0 Å². The monoisotopic (exact) mass is 415 g/mol. The smallest absolute Gasteiger partial charge is 0.335 e. The largest absolute Gasteiger partial charge is 0.381 e. The number of carbonyl (C=O) groups excluding carboxylic acids is 3. The molecule has 164 valence electrons. The van der Waals surface area contributed by atoms with Crippen LogP contribution in [0, 0.1) is 18.8 Å². The summed E-state index contributed by atoms with van der Waals surface area (Å²) < 4.78 is 5.75. The average molecular weight is 416 g/mol. The molecule has 0 spiro atoms. The van der Waals surface area contributed by atoms with Crippen molar-refractivity contribution in [2.75, 3.05) is 24.7 Å². The van der Waals surface area contributed by atoms with Crippen LogP contribution in [0.3, 0.4) is 0 Å². The molecule has 0 aliphatic carbocycles. The molecule has 2 atom stereocenters. The minimum atomic E-state index is -1.11. The van der Waals surface area contributed by atoms with E-state index in [-0.39, 0.29) is 0 Å². The van der Waals surface area contributed by atoms with Gasteiger partial charge in [-0.2, -0.15) is 0 Å². The van der Waals surface area contributed by atoms with Gasteiger partial charge >= 0.3 is 6.03 Å². The number of unbranched alkanes of at least 4 members (excludes halogenated alkanes) is 1. The summed E-state index contributed by atoms with van der Waals surface area (Å²) in [6, 6.07) is 6.32. The molecule has 30 heavy (non-hydrogen) atoms. The van der Waals surface area contributed by atoms with E-state index in [2.05, 4.69) is 24.2 Å². The van der Waals surface area contributed by atoms with Gasteiger partial charge < -0.3 is 4.74 Å². The topological polar surface area (TPSA) is 88.1 Å². The lowest BCUT2D eigenvalue weighted by Crippen LogP contribution is -2.58. The van der Waals surface area contributed by atoms with E-state index in [1.54, 1.807) is 25.1 Å². The number of imide groups is 2. The van der Waals surface area contributed by atoms with Crippen molar-refractivity contribution in [1.29, 1.82) is 0 Å². The molecule has 1 aliphatic rings. The molecular formula is C23H33N3O4. The summed E-state index contributed by atoms with van der Waals surface area (Å²) in [5.41, 5.74) is 1.24. The number of barbiturate groups is 1. The van der Waals surface area contributed by atoms with E-state index >= 15 is 0 Å². The molecule has 1 N–H and O–H groups in total. The molecule has 1 heterocycles. The maximum Gasteiger partial charge on any atom is 0.335 e. The number of aryl methyl sites for hydroxylation is 1. The van der Waals surface area contributed by atoms with Gasteiger partial charge in [0.15, 0.2) is 5.92 Å². The second kappa shape index (κ2) is 12.2. The van der Waals surface area contributed by atoms with Crippen LogP contribution in [-0.4, -0.2) is 43.8 Å². The highest BCUT2D eigenvalue weighted by Crippen LogP contribution is 2.23. The van der Waals surface area contributed by atoms with Crippen molar-refractivity contribution in [3.63, 3.8) is 0 Å². The molecule has 4 amide bonds. The van der Waals surface area contributed by atoms with Gasteiger partial charge in [0.1, 0.15) is 0 Å². The minimum Gasteiger partial charge on any atom is -0.381 e. The Labute approximate surface area is 178 Å². The van der Waals surface area contributed by atoms with E-state index in [9.17, 15) is 14.4 Å². The summed E-state index contributed by atoms with van der Waals surface area (Å²) in [5.74, 6) is -1.74. The molecular weight excluding hydrogens is 382 g/mol. The van der Waals surface area contributed by atoms with E-state index < -0.39 is 23.8 Å². The Kier molecular flexibility index (Phi) is 9.67. The highest BCUT2D eigenvalue weighted by molar-refractivity contribution is 6.32. The molecule has 1 saturated heterocycles. The Morgan fingerprint density at radius 2 is 1.97 bits per heavy atom. The maximum absolute atomic E-state index is 12.8. The van der Waals surface area contributed by atoms with Crippen molar-refractivity contribution in [2.24, 2.45) is 16.8 Å². The van der Waals surface area contributed by atoms with E-state index in [0.717, 1.165) is 23.5 Å². The van der Waals surface area contributed by atoms with Gasteiger partial charge in [0.25, 0.3) is 5.91 Å². The van der Waals surface area contributed by atoms with Crippen LogP contribution < -0.4 is 10.2 Å². The van der Waals surface area contributed by atoms with E-state index in [1.807, 2.05) is 6.07 Å². The fourth-order valence-corrected chi connectivity index (χ4v) is 3.35. The summed E-state index contributed by atoms with van der Waals surface area (Å²) in [4.78, 5) is 42.4. The maximum atomic E-state index is 12.8. The second-order valence-electron chi connectivity index (χ2n) is 7.63. The van der Waals surface area contributed by atoms with Crippen molar-refractivity contribution < 1.29 is 19.1 Å². The number of urea groups is 1. The first-order chi connectivity index (χ1) is 14.5. The predicted octanol–water partition coefficient (Wildman–Crippen LogP) is 3.89. The van der Waals surface area contributed by atoms with Gasteiger partial charge in [-0.05, 0) is 37.3 Å². The van der Waals surface area contributed by atoms with Crippen molar-refractivity contribution in [2.45, 2.75) is 52.9 Å². The number of hydrogen-bond acceptors (Lipinski definition) is 5. The highest BCUT2D eigenvalue weighted by atomic mass is 16.5. The lowest BCUT2D eigenvalue weighted by atomic mass is 10.0. The molecule has 1 aromatic rings. The van der Waals surface area contributed by atoms with E-state index in [0.29, 0.717) is 31.2 Å². The highest BCUT2D eigenvalue weighted by Gasteiger charge is 2.40. The van der Waals surface area contributed by atoms with Crippen LogP contribution in [0.4, 0.5) is 10.5 Å². The molecule has 2 rings (SSSR count). The normalized spacial score (nSPS) is 18.2. The van der Waals surface area contributed by atoms with Crippen LogP contribution in [0.5, 0.6) is 0 Å². The van der Waals surface area contributed by atoms with Crippen molar-refractivity contribution in [3.8, 4) is 0 Å². The number of amides is 4. The summed E-state index contributed by atoms with van der Waals surface area (Å²) in [5, 5.41) is 2.24. The zero-order chi connectivity index (χ0) is 21.9. The Morgan fingerprint density at radius 3 is 2.67 bits per heavy atom. The molecule has 1 fully saturated rings. The van der Waals surface area contributed by atoms with Crippen LogP contribution in [-0.2, 0) is 14.3 Å². The van der Waals surface area contributed by atoms with E-state index in [1.165, 1.54) is 25.5 Å². The first-order valence-electron chi connectivity index (χ1n) is 10.8. The third-order valence-electron chi connectivity index (χ3n) is 5.29. The predicted molar refractivity (Wildman–Crippen MR) is 118 cm³/mol. The summed E-state index contributed by atoms with van der Waals surface area (Å²) in [6.45, 7) is 8.00. The summed E-state index contributed by atoms with van der Waals surface area (Å²) in [7, 11) is 0. The quantitative estimate of drug-likeness (QED) is 0.319. The molecule has 1 aliphatic heterocycles. The van der Waals surface area contributed by atoms with Crippen LogP contribution in [0.15, 0.2) is 29.3 Å².